The summed E-state index contributed by atoms with van der Waals surface area (Å²) in [4.78, 5) is 27.6. The van der Waals surface area contributed by atoms with E-state index in [1.54, 1.807) is 31.2 Å². The summed E-state index contributed by atoms with van der Waals surface area (Å²) in [7, 11) is 0. The van der Waals surface area contributed by atoms with Crippen LogP contribution in [0.3, 0.4) is 0 Å². The van der Waals surface area contributed by atoms with Gasteiger partial charge >= 0.3 is 6.18 Å². The first kappa shape index (κ1) is 21.3. The molecule has 162 valence electrons. The van der Waals surface area contributed by atoms with E-state index in [0.717, 1.165) is 29.2 Å². The molecule has 0 spiro atoms. The second kappa shape index (κ2) is 7.96. The maximum absolute atomic E-state index is 13.4. The van der Waals surface area contributed by atoms with Crippen molar-refractivity contribution in [1.29, 1.82) is 0 Å². The Labute approximate surface area is 180 Å². The number of nitrogens with one attached hydrogen (secondary N) is 1. The van der Waals surface area contributed by atoms with Gasteiger partial charge in [0.15, 0.2) is 0 Å². The Morgan fingerprint density at radius 2 is 1.53 bits per heavy atom. The Morgan fingerprint density at radius 3 is 2.19 bits per heavy atom. The van der Waals surface area contributed by atoms with Gasteiger partial charge in [0.1, 0.15) is 11.5 Å². The van der Waals surface area contributed by atoms with E-state index in [1.807, 2.05) is 0 Å². The van der Waals surface area contributed by atoms with Crippen LogP contribution in [-0.4, -0.2) is 11.8 Å². The van der Waals surface area contributed by atoms with Gasteiger partial charge in [-0.05, 0) is 54.4 Å². The summed E-state index contributed by atoms with van der Waals surface area (Å²) in [6.07, 6.45) is -4.57. The van der Waals surface area contributed by atoms with Crippen molar-refractivity contribution in [3.63, 3.8) is 0 Å². The number of imide groups is 1. The van der Waals surface area contributed by atoms with Gasteiger partial charge in [0, 0.05) is 5.69 Å². The second-order valence-electron chi connectivity index (χ2n) is 7.19. The predicted octanol–water partition coefficient (Wildman–Crippen LogP) is 5.55. The molecule has 1 heterocycles. The van der Waals surface area contributed by atoms with Crippen LogP contribution in [0.15, 0.2) is 78.5 Å². The van der Waals surface area contributed by atoms with Crippen molar-refractivity contribution in [2.24, 2.45) is 0 Å². The number of para-hydroxylation sites is 1. The highest BCUT2D eigenvalue weighted by Gasteiger charge is 2.41. The molecule has 0 aliphatic carbocycles. The SMILES string of the molecule is Cc1ccccc1N1C(=O)C(Nc2cccc(C(F)(F)F)c2)=C(c2ccc(F)cc2)C1=O. The Kier molecular flexibility index (Phi) is 5.30. The Balaban J connectivity index is 1.83. The van der Waals surface area contributed by atoms with E-state index in [4.69, 9.17) is 0 Å². The minimum Gasteiger partial charge on any atom is -0.350 e. The number of amides is 2. The molecule has 0 saturated heterocycles. The number of aryl methyl sites for hydroxylation is 1. The van der Waals surface area contributed by atoms with Crippen LogP contribution in [0.1, 0.15) is 16.7 Å². The van der Waals surface area contributed by atoms with Crippen LogP contribution in [0, 0.1) is 12.7 Å². The summed E-state index contributed by atoms with van der Waals surface area (Å²) in [5.74, 6) is -1.92. The first-order valence-corrected chi connectivity index (χ1v) is 9.56. The molecule has 0 radical (unpaired) electrons. The van der Waals surface area contributed by atoms with Gasteiger partial charge < -0.3 is 5.32 Å². The van der Waals surface area contributed by atoms with Gasteiger partial charge in [-0.1, -0.05) is 36.4 Å². The highest BCUT2D eigenvalue weighted by Crippen LogP contribution is 2.36. The summed E-state index contributed by atoms with van der Waals surface area (Å²) in [5.41, 5.74) is 0.104. The molecule has 2 amide bonds. The second-order valence-corrected chi connectivity index (χ2v) is 7.19. The fourth-order valence-electron chi connectivity index (χ4n) is 3.48. The molecule has 32 heavy (non-hydrogen) atoms. The molecule has 1 aliphatic rings. The smallest absolute Gasteiger partial charge is 0.350 e. The molecule has 1 aliphatic heterocycles. The highest BCUT2D eigenvalue weighted by atomic mass is 19.4. The molecule has 4 rings (SSSR count). The van der Waals surface area contributed by atoms with Crippen molar-refractivity contribution in [3.05, 3.63) is 101 Å². The van der Waals surface area contributed by atoms with Crippen molar-refractivity contribution in [2.45, 2.75) is 13.1 Å². The fraction of sp³-hybridized carbons (Fsp3) is 0.0833. The number of carbonyl (C=O) groups is 2. The third-order valence-electron chi connectivity index (χ3n) is 5.03. The minimum absolute atomic E-state index is 0.0118. The molecule has 0 fully saturated rings. The predicted molar refractivity (Wildman–Crippen MR) is 112 cm³/mol. The van der Waals surface area contributed by atoms with Gasteiger partial charge in [0.2, 0.25) is 0 Å². The van der Waals surface area contributed by atoms with Crippen molar-refractivity contribution in [3.8, 4) is 0 Å². The molecule has 3 aromatic rings. The van der Waals surface area contributed by atoms with Crippen molar-refractivity contribution >= 4 is 28.8 Å². The number of hydrogen-bond acceptors (Lipinski definition) is 3. The quantitative estimate of drug-likeness (QED) is 0.428. The van der Waals surface area contributed by atoms with Crippen molar-refractivity contribution < 1.29 is 27.2 Å². The summed E-state index contributed by atoms with van der Waals surface area (Å²) in [6, 6.07) is 16.0. The number of hydrogen-bond donors (Lipinski definition) is 1. The van der Waals surface area contributed by atoms with Crippen molar-refractivity contribution in [2.75, 3.05) is 10.2 Å². The zero-order valence-corrected chi connectivity index (χ0v) is 16.7. The van der Waals surface area contributed by atoms with Gasteiger partial charge in [-0.15, -0.1) is 0 Å². The highest BCUT2D eigenvalue weighted by molar-refractivity contribution is 6.46. The third-order valence-corrected chi connectivity index (χ3v) is 5.03. The lowest BCUT2D eigenvalue weighted by Gasteiger charge is -2.17. The molecule has 4 nitrogen and oxygen atoms in total. The van der Waals surface area contributed by atoms with Crippen LogP contribution < -0.4 is 10.2 Å². The van der Waals surface area contributed by atoms with Gasteiger partial charge in [0.05, 0.1) is 16.8 Å². The summed E-state index contributed by atoms with van der Waals surface area (Å²) >= 11 is 0. The van der Waals surface area contributed by atoms with Crippen LogP contribution in [0.25, 0.3) is 5.57 Å². The van der Waals surface area contributed by atoms with E-state index in [0.29, 0.717) is 11.3 Å². The number of anilines is 2. The molecule has 0 bridgehead atoms. The lowest BCUT2D eigenvalue weighted by Crippen LogP contribution is -2.33. The van der Waals surface area contributed by atoms with Gasteiger partial charge in [0.25, 0.3) is 11.8 Å². The Hall–Kier alpha value is -3.94. The lowest BCUT2D eigenvalue weighted by atomic mass is 10.0. The Morgan fingerprint density at radius 1 is 0.844 bits per heavy atom. The van der Waals surface area contributed by atoms with E-state index in [-0.39, 0.29) is 22.5 Å². The summed E-state index contributed by atoms with van der Waals surface area (Å²) < 4.78 is 52.8. The number of halogens is 4. The van der Waals surface area contributed by atoms with E-state index in [9.17, 15) is 27.2 Å². The van der Waals surface area contributed by atoms with E-state index >= 15 is 0 Å². The average molecular weight is 440 g/mol. The number of rotatable bonds is 4. The molecule has 0 saturated carbocycles. The van der Waals surface area contributed by atoms with E-state index in [1.165, 1.54) is 24.3 Å². The van der Waals surface area contributed by atoms with Crippen LogP contribution in [-0.2, 0) is 15.8 Å². The molecule has 8 heteroatoms. The number of benzene rings is 3. The molecule has 1 N–H and O–H groups in total. The molecule has 0 unspecified atom stereocenters. The van der Waals surface area contributed by atoms with E-state index in [2.05, 4.69) is 5.32 Å². The van der Waals surface area contributed by atoms with Crippen LogP contribution >= 0.6 is 0 Å². The van der Waals surface area contributed by atoms with Crippen LogP contribution in [0.2, 0.25) is 0 Å². The number of carbonyl (C=O) groups excluding carboxylic acids is 2. The zero-order valence-electron chi connectivity index (χ0n) is 16.7. The first-order valence-electron chi connectivity index (χ1n) is 9.56. The first-order chi connectivity index (χ1) is 15.2. The lowest BCUT2D eigenvalue weighted by molar-refractivity contribution is -0.137. The molecule has 0 atom stereocenters. The number of nitrogens with zero attached hydrogens (tertiary/aromatic N) is 1. The van der Waals surface area contributed by atoms with Gasteiger partial charge in [-0.2, -0.15) is 13.2 Å². The molecular weight excluding hydrogens is 424 g/mol. The topological polar surface area (TPSA) is 49.4 Å². The van der Waals surface area contributed by atoms with Gasteiger partial charge in [-0.3, -0.25) is 9.59 Å². The maximum atomic E-state index is 13.4. The van der Waals surface area contributed by atoms with Crippen LogP contribution in [0.4, 0.5) is 28.9 Å². The van der Waals surface area contributed by atoms with Crippen molar-refractivity contribution in [1.82, 2.24) is 0 Å². The van der Waals surface area contributed by atoms with E-state index < -0.39 is 29.4 Å². The molecular formula is C24H16F4N2O2. The standard InChI is InChI=1S/C24H16F4N2O2/c1-14-5-2-3-8-19(14)30-22(31)20(15-9-11-17(25)12-10-15)21(23(30)32)29-18-7-4-6-16(13-18)24(26,27)28/h2-13,29H,1H3. The third kappa shape index (κ3) is 3.87. The van der Waals surface area contributed by atoms with Crippen LogP contribution in [0.5, 0.6) is 0 Å². The zero-order chi connectivity index (χ0) is 23.0. The summed E-state index contributed by atoms with van der Waals surface area (Å²) in [5, 5.41) is 2.69. The maximum Gasteiger partial charge on any atom is 0.416 e. The van der Waals surface area contributed by atoms with Gasteiger partial charge in [-0.25, -0.2) is 9.29 Å². The fourth-order valence-corrected chi connectivity index (χ4v) is 3.48. The molecule has 0 aromatic heterocycles. The largest absolute Gasteiger partial charge is 0.416 e. The monoisotopic (exact) mass is 440 g/mol. The Bertz CT molecular complexity index is 1250. The summed E-state index contributed by atoms with van der Waals surface area (Å²) in [6.45, 7) is 1.73. The normalized spacial score (nSPS) is 14.3. The number of alkyl halides is 3. The average Bonchev–Trinajstić information content (AvgIpc) is 2.98. The minimum atomic E-state index is -4.57. The molecule has 3 aromatic carbocycles.